The number of ether oxygens (including phenoxy) is 3. The number of phosphoric ester groups is 1. The number of phosphoric acid groups is 1. The molecule has 0 aliphatic carbocycles. The summed E-state index contributed by atoms with van der Waals surface area (Å²) in [4.78, 5) is 9.94. The van der Waals surface area contributed by atoms with Crippen LogP contribution in [-0.2, 0) is 35.3 Å². The lowest BCUT2D eigenvalue weighted by atomic mass is 9.79. The Kier molecular flexibility index (Phi) is 9.08. The first-order valence-electron chi connectivity index (χ1n) is 12.2. The highest BCUT2D eigenvalue weighted by atomic mass is 31.2. The largest absolute Gasteiger partial charge is 0.497 e. The smallest absolute Gasteiger partial charge is 0.472 e. The van der Waals surface area contributed by atoms with Crippen LogP contribution in [0.4, 0.5) is 0 Å². The summed E-state index contributed by atoms with van der Waals surface area (Å²) < 4.78 is 40.1. The molecule has 4 unspecified atom stereocenters. The van der Waals surface area contributed by atoms with Crippen molar-refractivity contribution in [2.75, 3.05) is 20.8 Å². The zero-order valence-corrected chi connectivity index (χ0v) is 22.4. The van der Waals surface area contributed by atoms with Crippen molar-refractivity contribution >= 4 is 15.7 Å². The van der Waals surface area contributed by atoms with E-state index in [2.05, 4.69) is 4.52 Å². The summed E-state index contributed by atoms with van der Waals surface area (Å²) in [5.74, 6) is 0.675. The fourth-order valence-corrected chi connectivity index (χ4v) is 5.34. The molecule has 1 saturated heterocycles. The summed E-state index contributed by atoms with van der Waals surface area (Å²) in [7, 11) is -0.119. The van der Waals surface area contributed by atoms with Crippen molar-refractivity contribution in [2.24, 2.45) is 0 Å². The first-order valence-corrected chi connectivity index (χ1v) is 13.7. The van der Waals surface area contributed by atoms with E-state index < -0.39 is 37.7 Å². The van der Waals surface area contributed by atoms with Gasteiger partial charge < -0.3 is 29.3 Å². The van der Waals surface area contributed by atoms with E-state index in [1.807, 2.05) is 78.9 Å². The zero-order valence-electron chi connectivity index (χ0n) is 21.5. The summed E-state index contributed by atoms with van der Waals surface area (Å²) >= 11 is 0. The van der Waals surface area contributed by atoms with Gasteiger partial charge >= 0.3 is 7.82 Å². The second-order valence-corrected chi connectivity index (χ2v) is 10.5. The van der Waals surface area contributed by atoms with Gasteiger partial charge in [0.2, 0.25) is 0 Å². The molecule has 11 heteroatoms. The van der Waals surface area contributed by atoms with E-state index in [0.29, 0.717) is 5.75 Å². The number of benzene rings is 3. The second-order valence-electron chi connectivity index (χ2n) is 9.03. The van der Waals surface area contributed by atoms with Gasteiger partial charge in [0.05, 0.1) is 26.3 Å². The first-order chi connectivity index (χ1) is 18.2. The Balaban J connectivity index is 1.80. The Morgan fingerprint density at radius 3 is 2.08 bits per heavy atom. The number of hydrogen-bond donors (Lipinski definition) is 3. The Morgan fingerprint density at radius 2 is 1.53 bits per heavy atom. The molecule has 38 heavy (non-hydrogen) atoms. The molecule has 9 nitrogen and oxygen atoms in total. The molecule has 0 aromatic heterocycles. The van der Waals surface area contributed by atoms with E-state index in [0.717, 1.165) is 29.4 Å². The van der Waals surface area contributed by atoms with Crippen LogP contribution in [-0.4, -0.2) is 68.1 Å². The summed E-state index contributed by atoms with van der Waals surface area (Å²) in [6.07, 6.45) is -3.22. The summed E-state index contributed by atoms with van der Waals surface area (Å²) in [6, 6.07) is 23.8. The molecule has 6 atom stereocenters. The highest BCUT2D eigenvalue weighted by Gasteiger charge is 2.48. The molecule has 4 rings (SSSR count). The van der Waals surface area contributed by atoms with E-state index in [-0.39, 0.29) is 13.2 Å². The third kappa shape index (κ3) is 5.88. The standard InChI is InChI=1S/C27H32BO9P/c1-33-22-14-12-21(13-15-22)27(19-6-4-3-5-7-19,20-10-8-18(16-29)9-11-20)35-17-23-25(24(30)26(28)36-23)37-38(31,32)34-2/h3-15,23-26,29-30H,16-17,28H2,1-2H3,(H,31,32)/t23-,24?,25?,26-,27?/m1/s1. The van der Waals surface area contributed by atoms with Gasteiger partial charge in [0.1, 0.15) is 37.5 Å². The molecule has 0 radical (unpaired) electrons. The maximum Gasteiger partial charge on any atom is 0.472 e. The van der Waals surface area contributed by atoms with Crippen LogP contribution in [0.1, 0.15) is 22.3 Å². The minimum atomic E-state index is -4.41. The van der Waals surface area contributed by atoms with Crippen LogP contribution in [0.3, 0.4) is 0 Å². The van der Waals surface area contributed by atoms with Crippen molar-refractivity contribution in [2.45, 2.75) is 36.5 Å². The molecular weight excluding hydrogens is 510 g/mol. The summed E-state index contributed by atoms with van der Waals surface area (Å²) in [5, 5.41) is 20.3. The summed E-state index contributed by atoms with van der Waals surface area (Å²) in [5.41, 5.74) is 1.97. The van der Waals surface area contributed by atoms with Gasteiger partial charge in [-0.1, -0.05) is 66.7 Å². The fourth-order valence-electron chi connectivity index (χ4n) is 4.68. The minimum absolute atomic E-state index is 0.0988. The van der Waals surface area contributed by atoms with Crippen LogP contribution in [0.5, 0.6) is 5.75 Å². The maximum absolute atomic E-state index is 12.2. The van der Waals surface area contributed by atoms with E-state index in [1.54, 1.807) is 15.0 Å². The predicted molar refractivity (Wildman–Crippen MR) is 143 cm³/mol. The Morgan fingerprint density at radius 1 is 0.947 bits per heavy atom. The summed E-state index contributed by atoms with van der Waals surface area (Å²) in [6.45, 7) is -0.202. The molecule has 0 bridgehead atoms. The van der Waals surface area contributed by atoms with Crippen LogP contribution < -0.4 is 4.74 Å². The monoisotopic (exact) mass is 542 g/mol. The molecule has 3 aromatic rings. The molecule has 1 heterocycles. The van der Waals surface area contributed by atoms with Crippen LogP contribution in [0, 0.1) is 0 Å². The van der Waals surface area contributed by atoms with Crippen molar-refractivity contribution in [1.82, 2.24) is 0 Å². The molecule has 0 saturated carbocycles. The number of methoxy groups -OCH3 is 1. The van der Waals surface area contributed by atoms with Crippen molar-refractivity contribution in [3.8, 4) is 5.75 Å². The third-order valence-corrected chi connectivity index (χ3v) is 7.71. The normalized spacial score (nSPS) is 24.4. The van der Waals surface area contributed by atoms with Crippen LogP contribution in [0.25, 0.3) is 0 Å². The lowest BCUT2D eigenvalue weighted by Crippen LogP contribution is -2.40. The molecule has 1 aliphatic rings. The van der Waals surface area contributed by atoms with Gasteiger partial charge in [0.15, 0.2) is 0 Å². The van der Waals surface area contributed by atoms with Gasteiger partial charge in [-0.15, -0.1) is 0 Å². The van der Waals surface area contributed by atoms with Crippen molar-refractivity contribution in [1.29, 1.82) is 0 Å². The van der Waals surface area contributed by atoms with Crippen molar-refractivity contribution in [3.05, 3.63) is 101 Å². The van der Waals surface area contributed by atoms with Gasteiger partial charge in [-0.3, -0.25) is 9.05 Å². The van der Waals surface area contributed by atoms with Crippen LogP contribution in [0.15, 0.2) is 78.9 Å². The predicted octanol–water partition coefficient (Wildman–Crippen LogP) is 2.35. The molecule has 0 amide bonds. The number of aliphatic hydroxyl groups excluding tert-OH is 2. The van der Waals surface area contributed by atoms with Gasteiger partial charge in [0.25, 0.3) is 0 Å². The highest BCUT2D eigenvalue weighted by molar-refractivity contribution is 7.47. The maximum atomic E-state index is 12.2. The van der Waals surface area contributed by atoms with Gasteiger partial charge in [-0.2, -0.15) is 0 Å². The topological polar surface area (TPSA) is 124 Å². The number of aliphatic hydroxyl groups is 2. The van der Waals surface area contributed by atoms with E-state index >= 15 is 0 Å². The van der Waals surface area contributed by atoms with Crippen molar-refractivity contribution in [3.63, 3.8) is 0 Å². The van der Waals surface area contributed by atoms with Gasteiger partial charge in [-0.05, 0) is 34.4 Å². The van der Waals surface area contributed by atoms with Crippen molar-refractivity contribution < 1.29 is 42.9 Å². The Hall–Kier alpha value is -2.53. The minimum Gasteiger partial charge on any atom is -0.497 e. The molecule has 1 aliphatic heterocycles. The second kappa shape index (κ2) is 12.1. The SMILES string of the molecule is B[C@@H]1O[C@H](COC(c2ccccc2)(c2ccc(CO)cc2)c2ccc(OC)cc2)C(OP(=O)(O)OC)C1O. The van der Waals surface area contributed by atoms with Crippen LogP contribution >= 0.6 is 7.82 Å². The average Bonchev–Trinajstić information content (AvgIpc) is 3.21. The lowest BCUT2D eigenvalue weighted by Gasteiger charge is -2.37. The quantitative estimate of drug-likeness (QED) is 0.190. The first kappa shape index (κ1) is 28.5. The average molecular weight is 542 g/mol. The Labute approximate surface area is 222 Å². The zero-order chi connectivity index (χ0) is 27.3. The molecule has 3 aromatic carbocycles. The molecule has 202 valence electrons. The molecular formula is C27H32BO9P. The van der Waals surface area contributed by atoms with E-state index in [4.69, 9.17) is 18.7 Å². The highest BCUT2D eigenvalue weighted by Crippen LogP contribution is 2.47. The number of hydrogen-bond acceptors (Lipinski definition) is 8. The third-order valence-electron chi connectivity index (χ3n) is 6.74. The molecule has 1 fully saturated rings. The van der Waals surface area contributed by atoms with E-state index in [1.165, 1.54) is 0 Å². The Bertz CT molecular complexity index is 1180. The lowest BCUT2D eigenvalue weighted by molar-refractivity contribution is -0.0744. The van der Waals surface area contributed by atoms with Gasteiger partial charge in [-0.25, -0.2) is 4.57 Å². The molecule has 0 spiro atoms. The number of rotatable bonds is 11. The van der Waals surface area contributed by atoms with Crippen LogP contribution in [0.2, 0.25) is 0 Å². The van der Waals surface area contributed by atoms with E-state index in [9.17, 15) is 19.7 Å². The molecule has 3 N–H and O–H groups in total. The van der Waals surface area contributed by atoms with Gasteiger partial charge in [0, 0.05) is 7.11 Å². The fraction of sp³-hybridized carbons (Fsp3) is 0.333.